The fourth-order valence-electron chi connectivity index (χ4n) is 10.2. The molecule has 3 aliphatic rings. The SMILES string of the molecule is CCCN1C[C@H](C)[C@@H](O)[C@](C)(O)[C@@H](CC)OC(=O)[C@H](C)[C@H](O[C@@H]2C[C@](C)(OC)[C@@](O)(CN(O)CC)[C@H](C)O2)[C@H](C)[C@@H](O[C@@H]2O[C@H](C)C[C@H](N(C)C)[C@H]2O)C(C)(C)C[C@H]1C. The zero-order valence-electron chi connectivity index (χ0n) is 39.4. The van der Waals surface area contributed by atoms with E-state index in [4.69, 9.17) is 28.4 Å². The van der Waals surface area contributed by atoms with Gasteiger partial charge in [0.25, 0.3) is 0 Å². The van der Waals surface area contributed by atoms with Crippen LogP contribution in [0.4, 0.5) is 0 Å². The zero-order valence-corrected chi connectivity index (χ0v) is 39.4. The van der Waals surface area contributed by atoms with Crippen molar-refractivity contribution in [3.05, 3.63) is 0 Å². The van der Waals surface area contributed by atoms with Gasteiger partial charge in [0.15, 0.2) is 12.6 Å². The van der Waals surface area contributed by atoms with Crippen molar-refractivity contribution in [2.45, 2.75) is 206 Å². The van der Waals surface area contributed by atoms with Crippen molar-refractivity contribution < 1.29 is 58.8 Å². The summed E-state index contributed by atoms with van der Waals surface area (Å²) in [4.78, 5) is 18.8. The molecule has 0 aromatic rings. The Bertz CT molecular complexity index is 1310. The molecule has 3 heterocycles. The molecule has 15 nitrogen and oxygen atoms in total. The van der Waals surface area contributed by atoms with Crippen LogP contribution < -0.4 is 0 Å². The maximum Gasteiger partial charge on any atom is 0.311 e. The van der Waals surface area contributed by atoms with Crippen LogP contribution in [0.1, 0.15) is 122 Å². The van der Waals surface area contributed by atoms with E-state index in [-0.39, 0.29) is 50.0 Å². The number of esters is 1. The maximum atomic E-state index is 14.5. The summed E-state index contributed by atoms with van der Waals surface area (Å²) in [5, 5.41) is 59.0. The summed E-state index contributed by atoms with van der Waals surface area (Å²) in [6.07, 6.45) is -5.45. The number of carbonyl (C=O) groups is 1. The van der Waals surface area contributed by atoms with E-state index in [2.05, 4.69) is 32.6 Å². The van der Waals surface area contributed by atoms with E-state index in [1.165, 1.54) is 14.0 Å². The Balaban J connectivity index is 2.24. The van der Waals surface area contributed by atoms with E-state index in [1.54, 1.807) is 27.7 Å². The van der Waals surface area contributed by atoms with Gasteiger partial charge in [-0.3, -0.25) is 4.79 Å². The Kier molecular flexibility index (Phi) is 18.7. The van der Waals surface area contributed by atoms with Gasteiger partial charge < -0.3 is 63.9 Å². The highest BCUT2D eigenvalue weighted by Gasteiger charge is 2.59. The second-order valence-electron chi connectivity index (χ2n) is 19.6. The van der Waals surface area contributed by atoms with Gasteiger partial charge in [0.05, 0.1) is 43.0 Å². The van der Waals surface area contributed by atoms with Crippen LogP contribution in [0.25, 0.3) is 0 Å². The maximum absolute atomic E-state index is 14.5. The van der Waals surface area contributed by atoms with Gasteiger partial charge in [0.1, 0.15) is 29.0 Å². The van der Waals surface area contributed by atoms with Gasteiger partial charge in [-0.05, 0) is 99.2 Å². The molecule has 3 aliphatic heterocycles. The first-order valence-electron chi connectivity index (χ1n) is 22.3. The van der Waals surface area contributed by atoms with E-state index >= 15 is 0 Å². The molecule has 59 heavy (non-hydrogen) atoms. The third-order valence-electron chi connectivity index (χ3n) is 14.1. The van der Waals surface area contributed by atoms with Crippen molar-refractivity contribution in [1.29, 1.82) is 0 Å². The first kappa shape index (κ1) is 52.3. The number of likely N-dealkylation sites (N-methyl/N-ethyl adjacent to an activating group) is 2. The summed E-state index contributed by atoms with van der Waals surface area (Å²) >= 11 is 0. The molecular weight excluding hydrogens is 762 g/mol. The fourth-order valence-corrected chi connectivity index (χ4v) is 10.2. The van der Waals surface area contributed by atoms with Crippen LogP contribution in [0.15, 0.2) is 0 Å². The molecule has 0 aliphatic carbocycles. The zero-order chi connectivity index (χ0) is 45.0. The molecule has 0 bridgehead atoms. The van der Waals surface area contributed by atoms with Gasteiger partial charge in [-0.15, -0.1) is 0 Å². The number of nitrogens with zero attached hydrogens (tertiary/aromatic N) is 3. The normalized spacial score (nSPS) is 44.9. The third-order valence-corrected chi connectivity index (χ3v) is 14.1. The Morgan fingerprint density at radius 2 is 1.56 bits per heavy atom. The quantitative estimate of drug-likeness (QED) is 0.140. The summed E-state index contributed by atoms with van der Waals surface area (Å²) in [5.41, 5.74) is -5.27. The van der Waals surface area contributed by atoms with Crippen LogP contribution in [0, 0.1) is 23.2 Å². The highest BCUT2D eigenvalue weighted by molar-refractivity contribution is 5.73. The number of carbonyl (C=O) groups excluding carboxylic acids is 1. The summed E-state index contributed by atoms with van der Waals surface area (Å²) in [5.74, 6) is -2.53. The summed E-state index contributed by atoms with van der Waals surface area (Å²) in [6.45, 7) is 26.1. The second kappa shape index (κ2) is 21.1. The van der Waals surface area contributed by atoms with Gasteiger partial charge in [-0.25, -0.2) is 0 Å². The van der Waals surface area contributed by atoms with E-state index in [0.717, 1.165) is 18.0 Å². The van der Waals surface area contributed by atoms with Crippen molar-refractivity contribution in [3.63, 3.8) is 0 Å². The van der Waals surface area contributed by atoms with Gasteiger partial charge in [-0.1, -0.05) is 48.5 Å². The van der Waals surface area contributed by atoms with E-state index in [9.17, 15) is 30.4 Å². The molecule has 0 aromatic carbocycles. The lowest BCUT2D eigenvalue weighted by atomic mass is 9.72. The summed E-state index contributed by atoms with van der Waals surface area (Å²) in [7, 11) is 5.36. The van der Waals surface area contributed by atoms with E-state index in [1.807, 2.05) is 46.7 Å². The van der Waals surface area contributed by atoms with Crippen LogP contribution in [0.2, 0.25) is 0 Å². The molecule has 5 N–H and O–H groups in total. The van der Waals surface area contributed by atoms with Crippen LogP contribution in [-0.4, -0.2) is 178 Å². The van der Waals surface area contributed by atoms with Crippen LogP contribution in [0.5, 0.6) is 0 Å². The predicted molar refractivity (Wildman–Crippen MR) is 225 cm³/mol. The molecule has 15 heteroatoms. The van der Waals surface area contributed by atoms with Crippen LogP contribution in [-0.2, 0) is 33.2 Å². The monoisotopic (exact) mass is 848 g/mol. The lowest BCUT2D eigenvalue weighted by Crippen LogP contribution is -2.70. The van der Waals surface area contributed by atoms with Gasteiger partial charge in [0, 0.05) is 44.6 Å². The number of aliphatic hydroxyl groups is 4. The number of hydroxylamine groups is 2. The minimum Gasteiger partial charge on any atom is -0.459 e. The smallest absolute Gasteiger partial charge is 0.311 e. The van der Waals surface area contributed by atoms with Crippen molar-refractivity contribution in [2.75, 3.05) is 47.4 Å². The molecule has 0 amide bonds. The predicted octanol–water partition coefficient (Wildman–Crippen LogP) is 4.04. The molecule has 348 valence electrons. The molecule has 3 rings (SSSR count). The number of hydrogen-bond donors (Lipinski definition) is 5. The molecule has 0 saturated carbocycles. The van der Waals surface area contributed by atoms with Crippen LogP contribution >= 0.6 is 0 Å². The Labute approximate surface area is 355 Å². The summed E-state index contributed by atoms with van der Waals surface area (Å²) in [6, 6.07) is -0.228. The Hall–Kier alpha value is -1.05. The molecular formula is C44H85N3O12. The minimum atomic E-state index is -1.77. The highest BCUT2D eigenvalue weighted by Crippen LogP contribution is 2.45. The number of methoxy groups -OCH3 is 1. The summed E-state index contributed by atoms with van der Waals surface area (Å²) < 4.78 is 39.0. The van der Waals surface area contributed by atoms with Crippen molar-refractivity contribution >= 4 is 5.97 Å². The standard InChI is InChI=1S/C44H85N3O12/c1-17-20-46-24-26(4)37(49)43(13,51)33(18-2)57-39(50)30(8)36(58-34-23-42(12,54-16)44(52,31(9)56-34)25-47(53)19-3)29(7)38(41(10,11)22-27(46)5)59-40-35(48)32(45(14)15)21-28(6)55-40/h26-38,40,48-49,51-53H,17-25H2,1-16H3/t26-,27+,28+,29-,30+,31-,32-,33+,34+,35+,36+,37+,38+,40-,42-,43+,44+/m0/s1. The van der Waals surface area contributed by atoms with Gasteiger partial charge in [0.2, 0.25) is 0 Å². The first-order chi connectivity index (χ1) is 27.2. The number of cyclic esters (lactones) is 1. The lowest BCUT2D eigenvalue weighted by Gasteiger charge is -2.54. The van der Waals surface area contributed by atoms with Crippen molar-refractivity contribution in [1.82, 2.24) is 14.9 Å². The largest absolute Gasteiger partial charge is 0.459 e. The Morgan fingerprint density at radius 1 is 0.932 bits per heavy atom. The van der Waals surface area contributed by atoms with Crippen molar-refractivity contribution in [3.8, 4) is 0 Å². The average molecular weight is 848 g/mol. The van der Waals surface area contributed by atoms with Crippen molar-refractivity contribution in [2.24, 2.45) is 23.2 Å². The number of hydrogen-bond acceptors (Lipinski definition) is 15. The molecule has 0 spiro atoms. The molecule has 3 fully saturated rings. The lowest BCUT2D eigenvalue weighted by molar-refractivity contribution is -0.344. The molecule has 0 aromatic heterocycles. The third kappa shape index (κ3) is 11.8. The number of rotatable bonds is 12. The molecule has 3 saturated heterocycles. The molecule has 0 unspecified atom stereocenters. The topological polar surface area (TPSA) is 183 Å². The van der Waals surface area contributed by atoms with Gasteiger partial charge in [-0.2, -0.15) is 5.06 Å². The Morgan fingerprint density at radius 3 is 2.10 bits per heavy atom. The van der Waals surface area contributed by atoms with E-state index in [0.29, 0.717) is 19.4 Å². The molecule has 0 radical (unpaired) electrons. The average Bonchev–Trinajstić information content (AvgIpc) is 3.16. The van der Waals surface area contributed by atoms with Gasteiger partial charge >= 0.3 is 5.97 Å². The highest BCUT2D eigenvalue weighted by atomic mass is 16.7. The first-order valence-corrected chi connectivity index (χ1v) is 22.3. The number of ether oxygens (including phenoxy) is 6. The molecule has 17 atom stereocenters. The van der Waals surface area contributed by atoms with Crippen LogP contribution in [0.3, 0.4) is 0 Å². The minimum absolute atomic E-state index is 0.00732. The van der Waals surface area contributed by atoms with E-state index < -0.39 is 89.2 Å². The second-order valence-corrected chi connectivity index (χ2v) is 19.6. The number of aliphatic hydroxyl groups excluding tert-OH is 2. The fraction of sp³-hybridized carbons (Fsp3) is 0.977.